The monoisotopic (exact) mass is 396 g/mol. The molecular weight excluding hydrogens is 368 g/mol. The fourth-order valence-electron chi connectivity index (χ4n) is 4.45. The van der Waals surface area contributed by atoms with Crippen molar-refractivity contribution in [1.29, 1.82) is 0 Å². The molecule has 2 fully saturated rings. The van der Waals surface area contributed by atoms with Gasteiger partial charge in [-0.1, -0.05) is 12.5 Å². The third-order valence-corrected chi connectivity index (χ3v) is 5.85. The molecule has 1 aliphatic heterocycles. The first-order valence-corrected chi connectivity index (χ1v) is 10.4. The minimum atomic E-state index is -0.698. The molecule has 0 unspecified atom stereocenters. The number of amides is 1. The Morgan fingerprint density at radius 3 is 2.69 bits per heavy atom. The first kappa shape index (κ1) is 19.8. The van der Waals surface area contributed by atoms with E-state index in [4.69, 9.17) is 4.74 Å². The van der Waals surface area contributed by atoms with E-state index in [2.05, 4.69) is 20.2 Å². The molecule has 1 saturated heterocycles. The van der Waals surface area contributed by atoms with E-state index in [9.17, 15) is 9.90 Å². The van der Waals surface area contributed by atoms with E-state index in [1.165, 1.54) is 6.42 Å². The lowest BCUT2D eigenvalue weighted by Gasteiger charge is -2.47. The zero-order valence-electron chi connectivity index (χ0n) is 16.5. The summed E-state index contributed by atoms with van der Waals surface area (Å²) in [5.74, 6) is 0.460. The van der Waals surface area contributed by atoms with Crippen molar-refractivity contribution in [3.05, 3.63) is 54.6 Å². The van der Waals surface area contributed by atoms with Gasteiger partial charge in [-0.3, -0.25) is 19.7 Å². The molecule has 4 atom stereocenters. The van der Waals surface area contributed by atoms with E-state index < -0.39 is 6.10 Å². The number of aliphatic hydroxyl groups excluding tert-OH is 1. The molecule has 3 heterocycles. The van der Waals surface area contributed by atoms with Crippen LogP contribution in [0, 0.1) is 0 Å². The number of carbonyl (C=O) groups is 1. The van der Waals surface area contributed by atoms with Gasteiger partial charge in [-0.2, -0.15) is 0 Å². The second kappa shape index (κ2) is 9.33. The van der Waals surface area contributed by atoms with Crippen LogP contribution < -0.4 is 10.1 Å². The Hall–Kier alpha value is -2.51. The van der Waals surface area contributed by atoms with Crippen molar-refractivity contribution in [2.45, 2.75) is 56.4 Å². The van der Waals surface area contributed by atoms with Crippen LogP contribution in [0.2, 0.25) is 0 Å². The Balaban J connectivity index is 1.50. The summed E-state index contributed by atoms with van der Waals surface area (Å²) in [5, 5.41) is 14.4. The second-order valence-corrected chi connectivity index (χ2v) is 7.80. The lowest BCUT2D eigenvalue weighted by molar-refractivity contribution is -0.0694. The van der Waals surface area contributed by atoms with Crippen molar-refractivity contribution in [3.8, 4) is 5.75 Å². The number of aliphatic hydroxyl groups is 1. The quantitative estimate of drug-likeness (QED) is 0.804. The highest BCUT2D eigenvalue weighted by Crippen LogP contribution is 2.29. The maximum atomic E-state index is 12.7. The predicted octanol–water partition coefficient (Wildman–Crippen LogP) is 2.03. The van der Waals surface area contributed by atoms with E-state index >= 15 is 0 Å². The van der Waals surface area contributed by atoms with Crippen LogP contribution in [0.25, 0.3) is 0 Å². The first-order chi connectivity index (χ1) is 14.2. The first-order valence-electron chi connectivity index (χ1n) is 10.4. The number of hydrogen-bond acceptors (Lipinski definition) is 6. The van der Waals surface area contributed by atoms with E-state index in [1.54, 1.807) is 36.8 Å². The maximum Gasteiger partial charge on any atom is 0.270 e. The smallest absolute Gasteiger partial charge is 0.270 e. The molecule has 2 N–H and O–H groups in total. The molecule has 2 aromatic heterocycles. The average Bonchev–Trinajstić information content (AvgIpc) is 2.78. The molecule has 154 valence electrons. The Labute approximate surface area is 171 Å². The zero-order chi connectivity index (χ0) is 20.1. The van der Waals surface area contributed by atoms with Crippen LogP contribution in [-0.4, -0.2) is 63.3 Å². The van der Waals surface area contributed by atoms with Crippen LogP contribution in [0.1, 0.15) is 42.6 Å². The molecule has 4 rings (SSSR count). The molecule has 1 aliphatic carbocycles. The van der Waals surface area contributed by atoms with Gasteiger partial charge in [0, 0.05) is 18.4 Å². The fourth-order valence-corrected chi connectivity index (χ4v) is 4.45. The average molecular weight is 396 g/mol. The minimum absolute atomic E-state index is 0.147. The summed E-state index contributed by atoms with van der Waals surface area (Å²) < 4.78 is 6.06. The minimum Gasteiger partial charge on any atom is -0.486 e. The van der Waals surface area contributed by atoms with Crippen molar-refractivity contribution in [3.63, 3.8) is 0 Å². The van der Waals surface area contributed by atoms with Crippen LogP contribution in [0.5, 0.6) is 5.75 Å². The summed E-state index contributed by atoms with van der Waals surface area (Å²) in [5.41, 5.74) is 0.396. The fraction of sp³-hybridized carbons (Fsp3) is 0.500. The highest BCUT2D eigenvalue weighted by atomic mass is 16.5. The molecule has 0 spiro atoms. The van der Waals surface area contributed by atoms with Gasteiger partial charge in [0.2, 0.25) is 0 Å². The van der Waals surface area contributed by atoms with Crippen LogP contribution in [0.15, 0.2) is 48.9 Å². The molecule has 1 saturated carbocycles. The number of ether oxygens (including phenoxy) is 1. The number of nitrogens with one attached hydrogen (secondary N) is 1. The number of hydrogen-bond donors (Lipinski definition) is 2. The SMILES string of the molecule is O=C(N[C@@H]1CC[C@@H](Oc2cccnc2)[C@H](O)[C@H]1N1CCCCC1)c1ccccn1. The maximum absolute atomic E-state index is 12.7. The number of pyridine rings is 2. The number of nitrogens with zero attached hydrogens (tertiary/aromatic N) is 3. The summed E-state index contributed by atoms with van der Waals surface area (Å²) in [6.45, 7) is 1.86. The summed E-state index contributed by atoms with van der Waals surface area (Å²) in [6, 6.07) is 8.64. The number of piperidine rings is 1. The van der Waals surface area contributed by atoms with Gasteiger partial charge >= 0.3 is 0 Å². The van der Waals surface area contributed by atoms with Crippen LogP contribution in [0.3, 0.4) is 0 Å². The molecule has 2 aliphatic rings. The van der Waals surface area contributed by atoms with E-state index in [0.29, 0.717) is 17.9 Å². The lowest BCUT2D eigenvalue weighted by Crippen LogP contribution is -2.64. The standard InChI is InChI=1S/C22H28N4O3/c27-21-19(29-16-7-6-11-23-15-16)10-9-17(20(21)26-13-4-1-5-14-26)25-22(28)18-8-2-3-12-24-18/h2-3,6-8,11-12,15,17,19-21,27H,1,4-5,9-10,13-14H2,(H,25,28)/t17-,19-,20+,21+/m1/s1. The molecule has 2 aromatic rings. The third kappa shape index (κ3) is 4.74. The number of aromatic nitrogens is 2. The molecule has 0 radical (unpaired) electrons. The van der Waals surface area contributed by atoms with Gasteiger partial charge in [0.05, 0.1) is 12.2 Å². The Morgan fingerprint density at radius 1 is 1.10 bits per heavy atom. The van der Waals surface area contributed by atoms with Gasteiger partial charge in [-0.15, -0.1) is 0 Å². The number of carbonyl (C=O) groups excluding carboxylic acids is 1. The normalized spacial score (nSPS) is 27.9. The summed E-state index contributed by atoms with van der Waals surface area (Å²) >= 11 is 0. The van der Waals surface area contributed by atoms with Gasteiger partial charge in [0.1, 0.15) is 23.7 Å². The van der Waals surface area contributed by atoms with Gasteiger partial charge in [-0.25, -0.2) is 0 Å². The van der Waals surface area contributed by atoms with Gasteiger partial charge in [0.15, 0.2) is 0 Å². The molecule has 0 bridgehead atoms. The van der Waals surface area contributed by atoms with Crippen molar-refractivity contribution in [2.24, 2.45) is 0 Å². The van der Waals surface area contributed by atoms with E-state index in [1.807, 2.05) is 12.1 Å². The van der Waals surface area contributed by atoms with Crippen LogP contribution in [0.4, 0.5) is 0 Å². The highest BCUT2D eigenvalue weighted by molar-refractivity contribution is 5.92. The molecular formula is C22H28N4O3. The Bertz CT molecular complexity index is 783. The topological polar surface area (TPSA) is 87.6 Å². The largest absolute Gasteiger partial charge is 0.486 e. The number of rotatable bonds is 5. The molecule has 7 heteroatoms. The third-order valence-electron chi connectivity index (χ3n) is 5.85. The van der Waals surface area contributed by atoms with E-state index in [-0.39, 0.29) is 24.1 Å². The lowest BCUT2D eigenvalue weighted by atomic mass is 9.83. The van der Waals surface area contributed by atoms with Crippen molar-refractivity contribution < 1.29 is 14.6 Å². The summed E-state index contributed by atoms with van der Waals surface area (Å²) in [4.78, 5) is 23.3. The predicted molar refractivity (Wildman–Crippen MR) is 109 cm³/mol. The molecule has 7 nitrogen and oxygen atoms in total. The van der Waals surface area contributed by atoms with Gasteiger partial charge in [-0.05, 0) is 63.0 Å². The van der Waals surface area contributed by atoms with Gasteiger partial charge < -0.3 is 15.2 Å². The summed E-state index contributed by atoms with van der Waals surface area (Å²) in [6.07, 6.45) is 8.78. The molecule has 29 heavy (non-hydrogen) atoms. The van der Waals surface area contributed by atoms with Crippen LogP contribution >= 0.6 is 0 Å². The van der Waals surface area contributed by atoms with Gasteiger partial charge in [0.25, 0.3) is 5.91 Å². The van der Waals surface area contributed by atoms with Crippen molar-refractivity contribution >= 4 is 5.91 Å². The zero-order valence-corrected chi connectivity index (χ0v) is 16.5. The van der Waals surface area contributed by atoms with E-state index in [0.717, 1.165) is 32.4 Å². The van der Waals surface area contributed by atoms with Crippen molar-refractivity contribution in [2.75, 3.05) is 13.1 Å². The Kier molecular flexibility index (Phi) is 6.36. The highest BCUT2D eigenvalue weighted by Gasteiger charge is 2.43. The molecule has 0 aromatic carbocycles. The number of likely N-dealkylation sites (tertiary alicyclic amines) is 1. The van der Waals surface area contributed by atoms with Crippen molar-refractivity contribution in [1.82, 2.24) is 20.2 Å². The second-order valence-electron chi connectivity index (χ2n) is 7.80. The Morgan fingerprint density at radius 2 is 1.97 bits per heavy atom. The molecule has 1 amide bonds. The van der Waals surface area contributed by atoms with Crippen LogP contribution in [-0.2, 0) is 0 Å². The summed E-state index contributed by atoms with van der Waals surface area (Å²) in [7, 11) is 0.